The minimum atomic E-state index is -0.129. The van der Waals surface area contributed by atoms with E-state index in [1.54, 1.807) is 12.1 Å². The van der Waals surface area contributed by atoms with Gasteiger partial charge in [0, 0.05) is 5.56 Å². The normalized spacial score (nSPS) is 9.47. The van der Waals surface area contributed by atoms with Gasteiger partial charge < -0.3 is 4.74 Å². The number of hydrogen-bond acceptors (Lipinski definition) is 3. The van der Waals surface area contributed by atoms with Gasteiger partial charge in [-0.1, -0.05) is 0 Å². The van der Waals surface area contributed by atoms with E-state index in [-0.39, 0.29) is 5.78 Å². The zero-order valence-corrected chi connectivity index (χ0v) is 10.1. The molecule has 0 spiro atoms. The summed E-state index contributed by atoms with van der Waals surface area (Å²) in [7, 11) is 0. The van der Waals surface area contributed by atoms with Gasteiger partial charge in [0.15, 0.2) is 5.78 Å². The number of nitriles is 1. The Balaban J connectivity index is 3.30. The van der Waals surface area contributed by atoms with E-state index in [2.05, 4.69) is 15.9 Å². The molecule has 0 aliphatic rings. The zero-order chi connectivity index (χ0) is 11.4. The van der Waals surface area contributed by atoms with E-state index in [1.807, 2.05) is 13.0 Å². The van der Waals surface area contributed by atoms with E-state index in [0.29, 0.717) is 28.0 Å². The summed E-state index contributed by atoms with van der Waals surface area (Å²) in [5.41, 5.74) is 0.752. The van der Waals surface area contributed by atoms with E-state index in [4.69, 9.17) is 10.00 Å². The monoisotopic (exact) mass is 267 g/mol. The molecule has 15 heavy (non-hydrogen) atoms. The Hall–Kier alpha value is -1.34. The molecule has 0 fully saturated rings. The molecule has 1 aromatic rings. The minimum absolute atomic E-state index is 0.129. The molecule has 0 radical (unpaired) electrons. The van der Waals surface area contributed by atoms with Crippen LogP contribution in [0.1, 0.15) is 29.8 Å². The SMILES string of the molecule is CCOc1cc(C#N)c(C(C)=O)cc1Br. The van der Waals surface area contributed by atoms with Crippen molar-refractivity contribution in [1.82, 2.24) is 0 Å². The number of carbonyl (C=O) groups is 1. The average molecular weight is 268 g/mol. The highest BCUT2D eigenvalue weighted by molar-refractivity contribution is 9.10. The number of ether oxygens (including phenoxy) is 1. The first-order valence-electron chi connectivity index (χ1n) is 4.47. The molecule has 0 heterocycles. The lowest BCUT2D eigenvalue weighted by atomic mass is 10.1. The van der Waals surface area contributed by atoms with Crippen LogP contribution in [0, 0.1) is 11.3 Å². The van der Waals surface area contributed by atoms with Gasteiger partial charge in [-0.3, -0.25) is 4.79 Å². The summed E-state index contributed by atoms with van der Waals surface area (Å²) in [5.74, 6) is 0.453. The molecule has 0 saturated carbocycles. The van der Waals surface area contributed by atoms with Crippen molar-refractivity contribution in [2.45, 2.75) is 13.8 Å². The quantitative estimate of drug-likeness (QED) is 0.792. The molecule has 0 aliphatic carbocycles. The molecule has 4 heteroatoms. The third-order valence-electron chi connectivity index (χ3n) is 1.87. The number of Topliss-reactive ketones (excluding diaryl/α,β-unsaturated/α-hetero) is 1. The second kappa shape index (κ2) is 4.94. The maximum absolute atomic E-state index is 11.2. The van der Waals surface area contributed by atoms with Gasteiger partial charge in [0.25, 0.3) is 0 Å². The maximum Gasteiger partial charge on any atom is 0.161 e. The van der Waals surface area contributed by atoms with Gasteiger partial charge in [-0.25, -0.2) is 0 Å². The molecule has 0 aliphatic heterocycles. The van der Waals surface area contributed by atoms with Crippen LogP contribution in [0.3, 0.4) is 0 Å². The third-order valence-corrected chi connectivity index (χ3v) is 2.49. The van der Waals surface area contributed by atoms with E-state index >= 15 is 0 Å². The number of nitrogens with zero attached hydrogens (tertiary/aromatic N) is 1. The van der Waals surface area contributed by atoms with Crippen molar-refractivity contribution in [3.05, 3.63) is 27.7 Å². The van der Waals surface area contributed by atoms with E-state index < -0.39 is 0 Å². The Labute approximate surface area is 96.8 Å². The first-order valence-corrected chi connectivity index (χ1v) is 5.26. The second-order valence-electron chi connectivity index (χ2n) is 2.93. The lowest BCUT2D eigenvalue weighted by Crippen LogP contribution is -2.00. The highest BCUT2D eigenvalue weighted by Crippen LogP contribution is 2.28. The first kappa shape index (κ1) is 11.7. The Morgan fingerprint density at radius 2 is 2.27 bits per heavy atom. The largest absolute Gasteiger partial charge is 0.493 e. The minimum Gasteiger partial charge on any atom is -0.493 e. The van der Waals surface area contributed by atoms with Gasteiger partial charge in [0.1, 0.15) is 11.8 Å². The van der Waals surface area contributed by atoms with Crippen molar-refractivity contribution >= 4 is 21.7 Å². The van der Waals surface area contributed by atoms with E-state index in [0.717, 1.165) is 0 Å². The maximum atomic E-state index is 11.2. The molecule has 0 amide bonds. The number of halogens is 1. The predicted molar refractivity (Wildman–Crippen MR) is 60.0 cm³/mol. The molecular formula is C11H10BrNO2. The number of carbonyl (C=O) groups excluding carboxylic acids is 1. The Kier molecular flexibility index (Phi) is 3.87. The number of rotatable bonds is 3. The fraction of sp³-hybridized carbons (Fsp3) is 0.273. The van der Waals surface area contributed by atoms with Gasteiger partial charge in [-0.15, -0.1) is 0 Å². The molecule has 0 N–H and O–H groups in total. The molecule has 0 saturated heterocycles. The van der Waals surface area contributed by atoms with Gasteiger partial charge in [-0.2, -0.15) is 5.26 Å². The summed E-state index contributed by atoms with van der Waals surface area (Å²) < 4.78 is 5.99. The molecule has 1 aromatic carbocycles. The van der Waals surface area contributed by atoms with Crippen molar-refractivity contribution in [3.8, 4) is 11.8 Å². The van der Waals surface area contributed by atoms with Crippen LogP contribution in [-0.4, -0.2) is 12.4 Å². The number of hydrogen-bond donors (Lipinski definition) is 0. The van der Waals surface area contributed by atoms with Crippen LogP contribution in [0.5, 0.6) is 5.75 Å². The molecule has 3 nitrogen and oxygen atoms in total. The molecule has 0 unspecified atom stereocenters. The first-order chi connectivity index (χ1) is 7.10. The van der Waals surface area contributed by atoms with Gasteiger partial charge in [0.05, 0.1) is 16.6 Å². The molecule has 0 aromatic heterocycles. The summed E-state index contributed by atoms with van der Waals surface area (Å²) in [4.78, 5) is 11.2. The summed E-state index contributed by atoms with van der Waals surface area (Å²) in [6, 6.07) is 5.17. The molecular weight excluding hydrogens is 258 g/mol. The zero-order valence-electron chi connectivity index (χ0n) is 8.50. The highest BCUT2D eigenvalue weighted by atomic mass is 79.9. The third kappa shape index (κ3) is 2.57. The lowest BCUT2D eigenvalue weighted by molar-refractivity contribution is 0.101. The highest BCUT2D eigenvalue weighted by Gasteiger charge is 2.11. The summed E-state index contributed by atoms with van der Waals surface area (Å²) in [6.07, 6.45) is 0. The van der Waals surface area contributed by atoms with Crippen molar-refractivity contribution in [2.24, 2.45) is 0 Å². The number of ketones is 1. The topological polar surface area (TPSA) is 50.1 Å². The van der Waals surface area contributed by atoms with Crippen molar-refractivity contribution in [3.63, 3.8) is 0 Å². The predicted octanol–water partition coefficient (Wildman–Crippen LogP) is 2.92. The average Bonchev–Trinajstić information content (AvgIpc) is 2.20. The van der Waals surface area contributed by atoms with E-state index in [1.165, 1.54) is 6.92 Å². The van der Waals surface area contributed by atoms with Crippen LogP contribution in [0.15, 0.2) is 16.6 Å². The molecule has 1 rings (SSSR count). The van der Waals surface area contributed by atoms with Gasteiger partial charge in [-0.05, 0) is 41.9 Å². The smallest absolute Gasteiger partial charge is 0.161 e. The lowest BCUT2D eigenvalue weighted by Gasteiger charge is -2.08. The van der Waals surface area contributed by atoms with Crippen LogP contribution < -0.4 is 4.74 Å². The number of benzene rings is 1. The van der Waals surface area contributed by atoms with E-state index in [9.17, 15) is 4.79 Å². The summed E-state index contributed by atoms with van der Waals surface area (Å²) >= 11 is 3.29. The van der Waals surface area contributed by atoms with Crippen molar-refractivity contribution in [1.29, 1.82) is 5.26 Å². The van der Waals surface area contributed by atoms with Crippen LogP contribution in [0.2, 0.25) is 0 Å². The Morgan fingerprint density at radius 1 is 1.60 bits per heavy atom. The van der Waals surface area contributed by atoms with Crippen LogP contribution >= 0.6 is 15.9 Å². The Morgan fingerprint density at radius 3 is 2.73 bits per heavy atom. The second-order valence-corrected chi connectivity index (χ2v) is 3.78. The van der Waals surface area contributed by atoms with Crippen LogP contribution in [0.4, 0.5) is 0 Å². The Bertz CT molecular complexity index is 435. The van der Waals surface area contributed by atoms with Crippen LogP contribution in [-0.2, 0) is 0 Å². The molecule has 0 atom stereocenters. The van der Waals surface area contributed by atoms with Crippen molar-refractivity contribution in [2.75, 3.05) is 6.61 Å². The summed E-state index contributed by atoms with van der Waals surface area (Å²) in [5, 5.41) is 8.88. The standard InChI is InChI=1S/C11H10BrNO2/c1-3-15-11-4-8(6-13)9(7(2)14)5-10(11)12/h4-5H,3H2,1-2H3. The molecule has 0 bridgehead atoms. The summed E-state index contributed by atoms with van der Waals surface area (Å²) in [6.45, 7) is 3.81. The molecule has 78 valence electrons. The van der Waals surface area contributed by atoms with Gasteiger partial charge in [0.2, 0.25) is 0 Å². The van der Waals surface area contributed by atoms with Gasteiger partial charge >= 0.3 is 0 Å². The fourth-order valence-corrected chi connectivity index (χ4v) is 1.66. The fourth-order valence-electron chi connectivity index (χ4n) is 1.20. The van der Waals surface area contributed by atoms with Crippen molar-refractivity contribution < 1.29 is 9.53 Å². The van der Waals surface area contributed by atoms with Crippen LogP contribution in [0.25, 0.3) is 0 Å².